The topological polar surface area (TPSA) is 87.3 Å². The van der Waals surface area contributed by atoms with Gasteiger partial charge in [-0.15, -0.1) is 0 Å². The Kier molecular flexibility index (Phi) is 7.12. The van der Waals surface area contributed by atoms with E-state index < -0.39 is 23.7 Å². The minimum absolute atomic E-state index is 0.103. The summed E-state index contributed by atoms with van der Waals surface area (Å²) in [4.78, 5) is 36.3. The van der Waals surface area contributed by atoms with E-state index in [9.17, 15) is 18.8 Å². The first-order valence-corrected chi connectivity index (χ1v) is 9.00. The Bertz CT molecular complexity index is 902. The number of rotatable bonds is 6. The van der Waals surface area contributed by atoms with Crippen molar-refractivity contribution in [1.82, 2.24) is 5.32 Å². The van der Waals surface area contributed by atoms with Crippen molar-refractivity contribution in [2.45, 2.75) is 26.8 Å². The fraction of sp³-hybridized carbons (Fsp3) is 0.250. The molecule has 6 nitrogen and oxygen atoms in total. The fourth-order valence-corrected chi connectivity index (χ4v) is 2.73. The molecule has 0 bridgehead atoms. The van der Waals surface area contributed by atoms with Crippen molar-refractivity contribution >= 4 is 40.7 Å². The van der Waals surface area contributed by atoms with Gasteiger partial charge in [0.2, 0.25) is 11.8 Å². The monoisotopic (exact) mass is 405 g/mol. The highest BCUT2D eigenvalue weighted by Gasteiger charge is 2.26. The smallest absolute Gasteiger partial charge is 0.253 e. The third-order valence-electron chi connectivity index (χ3n) is 3.90. The van der Waals surface area contributed by atoms with Crippen LogP contribution < -0.4 is 16.0 Å². The van der Waals surface area contributed by atoms with Crippen LogP contribution in [0.25, 0.3) is 0 Å². The predicted octanol–water partition coefficient (Wildman–Crippen LogP) is 3.83. The molecule has 0 aliphatic heterocycles. The lowest BCUT2D eigenvalue weighted by atomic mass is 10.0. The number of anilines is 2. The first-order valence-electron chi connectivity index (χ1n) is 8.62. The fourth-order valence-electron chi connectivity index (χ4n) is 2.51. The van der Waals surface area contributed by atoms with Gasteiger partial charge in [0.25, 0.3) is 5.91 Å². The lowest BCUT2D eigenvalue weighted by Gasteiger charge is -2.22. The third-order valence-corrected chi connectivity index (χ3v) is 4.23. The molecule has 148 valence electrons. The number of carbonyl (C=O) groups excluding carboxylic acids is 3. The highest BCUT2D eigenvalue weighted by molar-refractivity contribution is 6.33. The van der Waals surface area contributed by atoms with Crippen molar-refractivity contribution in [2.75, 3.05) is 10.6 Å². The van der Waals surface area contributed by atoms with E-state index in [-0.39, 0.29) is 28.1 Å². The molecule has 3 amide bonds. The Balaban J connectivity index is 2.18. The third kappa shape index (κ3) is 5.53. The summed E-state index contributed by atoms with van der Waals surface area (Å²) < 4.78 is 14.1. The second-order valence-corrected chi connectivity index (χ2v) is 6.95. The number of halogens is 2. The maximum absolute atomic E-state index is 14.1. The quantitative estimate of drug-likeness (QED) is 0.682. The molecule has 0 aromatic heterocycles. The molecule has 3 N–H and O–H groups in total. The van der Waals surface area contributed by atoms with Crippen LogP contribution in [0.1, 0.15) is 31.1 Å². The zero-order chi connectivity index (χ0) is 20.8. The molecule has 1 unspecified atom stereocenters. The van der Waals surface area contributed by atoms with E-state index in [1.807, 2.05) is 0 Å². The van der Waals surface area contributed by atoms with Gasteiger partial charge in [0.05, 0.1) is 16.3 Å². The molecule has 2 rings (SSSR count). The average molecular weight is 406 g/mol. The zero-order valence-electron chi connectivity index (χ0n) is 15.7. The molecule has 28 heavy (non-hydrogen) atoms. The maximum Gasteiger partial charge on any atom is 0.253 e. The lowest BCUT2D eigenvalue weighted by molar-refractivity contribution is -0.119. The normalized spacial score (nSPS) is 11.6. The van der Waals surface area contributed by atoms with Crippen molar-refractivity contribution in [1.29, 1.82) is 0 Å². The summed E-state index contributed by atoms with van der Waals surface area (Å²) in [5.74, 6) is -2.35. The van der Waals surface area contributed by atoms with Gasteiger partial charge in [-0.2, -0.15) is 0 Å². The summed E-state index contributed by atoms with van der Waals surface area (Å²) in [6.45, 7) is 4.82. The van der Waals surface area contributed by atoms with Crippen molar-refractivity contribution in [2.24, 2.45) is 5.92 Å². The second-order valence-electron chi connectivity index (χ2n) is 6.54. The van der Waals surface area contributed by atoms with Crippen LogP contribution in [-0.2, 0) is 9.59 Å². The SMILES string of the molecule is CC(=O)Nc1ccc(F)c(NC(=O)C(NC(=O)c2ccccc2Cl)C(C)C)c1. The van der Waals surface area contributed by atoms with Crippen LogP contribution >= 0.6 is 11.6 Å². The minimum Gasteiger partial charge on any atom is -0.340 e. The van der Waals surface area contributed by atoms with Crippen LogP contribution in [0, 0.1) is 11.7 Å². The summed E-state index contributed by atoms with van der Waals surface area (Å²) >= 11 is 6.03. The van der Waals surface area contributed by atoms with Crippen LogP contribution in [0.3, 0.4) is 0 Å². The molecular weight excluding hydrogens is 385 g/mol. The van der Waals surface area contributed by atoms with Gasteiger partial charge in [0.15, 0.2) is 0 Å². The number of hydrogen-bond donors (Lipinski definition) is 3. The summed E-state index contributed by atoms with van der Waals surface area (Å²) in [7, 11) is 0. The van der Waals surface area contributed by atoms with Gasteiger partial charge in [-0.1, -0.05) is 37.6 Å². The highest BCUT2D eigenvalue weighted by atomic mass is 35.5. The molecule has 0 fully saturated rings. The summed E-state index contributed by atoms with van der Waals surface area (Å²) in [5, 5.41) is 7.87. The van der Waals surface area contributed by atoms with E-state index in [4.69, 9.17) is 11.6 Å². The number of amides is 3. The number of benzene rings is 2. The van der Waals surface area contributed by atoms with E-state index in [1.54, 1.807) is 38.1 Å². The minimum atomic E-state index is -0.924. The standard InChI is InChI=1S/C20H21ClFN3O3/c1-11(2)18(25-19(27)14-6-4-5-7-15(14)21)20(28)24-17-10-13(23-12(3)26)8-9-16(17)22/h4-11,18H,1-3H3,(H,23,26)(H,24,28)(H,25,27). The second kappa shape index (κ2) is 9.32. The van der Waals surface area contributed by atoms with Crippen LogP contribution in [0.4, 0.5) is 15.8 Å². The van der Waals surface area contributed by atoms with Gasteiger partial charge in [-0.3, -0.25) is 14.4 Å². The Labute approximate surface area is 167 Å². The molecule has 0 saturated carbocycles. The van der Waals surface area contributed by atoms with Gasteiger partial charge in [0, 0.05) is 12.6 Å². The van der Waals surface area contributed by atoms with Crippen LogP contribution in [-0.4, -0.2) is 23.8 Å². The van der Waals surface area contributed by atoms with E-state index in [2.05, 4.69) is 16.0 Å². The predicted molar refractivity (Wildman–Crippen MR) is 107 cm³/mol. The summed E-state index contributed by atoms with van der Waals surface area (Å²) in [5.41, 5.74) is 0.473. The van der Waals surface area contributed by atoms with Gasteiger partial charge >= 0.3 is 0 Å². The van der Waals surface area contributed by atoms with Gasteiger partial charge in [-0.05, 0) is 36.2 Å². The maximum atomic E-state index is 14.1. The van der Waals surface area contributed by atoms with Gasteiger partial charge in [0.1, 0.15) is 11.9 Å². The van der Waals surface area contributed by atoms with E-state index in [1.165, 1.54) is 19.1 Å². The van der Waals surface area contributed by atoms with Crippen molar-refractivity contribution in [3.8, 4) is 0 Å². The average Bonchev–Trinajstić information content (AvgIpc) is 2.61. The Morgan fingerprint density at radius 1 is 1.04 bits per heavy atom. The van der Waals surface area contributed by atoms with Crippen molar-refractivity contribution < 1.29 is 18.8 Å². The molecule has 2 aromatic rings. The molecule has 1 atom stereocenters. The molecule has 0 spiro atoms. The molecule has 0 aliphatic carbocycles. The summed E-state index contributed by atoms with van der Waals surface area (Å²) in [6, 6.07) is 9.37. The molecule has 2 aromatic carbocycles. The first-order chi connectivity index (χ1) is 13.2. The van der Waals surface area contributed by atoms with Crippen LogP contribution in [0.2, 0.25) is 5.02 Å². The molecular formula is C20H21ClFN3O3. The van der Waals surface area contributed by atoms with E-state index >= 15 is 0 Å². The largest absolute Gasteiger partial charge is 0.340 e. The number of nitrogens with one attached hydrogen (secondary N) is 3. The Hall–Kier alpha value is -2.93. The van der Waals surface area contributed by atoms with E-state index in [0.29, 0.717) is 5.69 Å². The molecule has 0 aliphatic rings. The number of carbonyl (C=O) groups is 3. The highest BCUT2D eigenvalue weighted by Crippen LogP contribution is 2.21. The Morgan fingerprint density at radius 2 is 1.71 bits per heavy atom. The van der Waals surface area contributed by atoms with Crippen molar-refractivity contribution in [3.63, 3.8) is 0 Å². The summed E-state index contributed by atoms with van der Waals surface area (Å²) in [6.07, 6.45) is 0. The zero-order valence-corrected chi connectivity index (χ0v) is 16.4. The van der Waals surface area contributed by atoms with Gasteiger partial charge < -0.3 is 16.0 Å². The van der Waals surface area contributed by atoms with Crippen LogP contribution in [0.5, 0.6) is 0 Å². The lowest BCUT2D eigenvalue weighted by Crippen LogP contribution is -2.47. The number of hydrogen-bond acceptors (Lipinski definition) is 3. The molecule has 0 radical (unpaired) electrons. The molecule has 8 heteroatoms. The van der Waals surface area contributed by atoms with Crippen LogP contribution in [0.15, 0.2) is 42.5 Å². The van der Waals surface area contributed by atoms with Crippen molar-refractivity contribution in [3.05, 3.63) is 58.9 Å². The van der Waals surface area contributed by atoms with Gasteiger partial charge in [-0.25, -0.2) is 4.39 Å². The Morgan fingerprint density at radius 3 is 2.32 bits per heavy atom. The molecule has 0 saturated heterocycles. The molecule has 0 heterocycles. The first kappa shape index (κ1) is 21.4. The van der Waals surface area contributed by atoms with E-state index in [0.717, 1.165) is 6.07 Å².